The Morgan fingerprint density at radius 1 is 1.00 bits per heavy atom. The second-order valence-corrected chi connectivity index (χ2v) is 11.8. The first kappa shape index (κ1) is 26.5. The molecular formula is C27H30ClNO3S2. The third kappa shape index (κ3) is 7.98. The lowest BCUT2D eigenvalue weighted by molar-refractivity contribution is -0.160. The lowest BCUT2D eigenvalue weighted by Gasteiger charge is -2.30. The fraction of sp³-hybridized carbons (Fsp3) is 0.296. The minimum atomic E-state index is -1.54. The maximum absolute atomic E-state index is 13.4. The topological polar surface area (TPSA) is 55.4 Å². The number of hydrogen-bond acceptors (Lipinski definition) is 4. The van der Waals surface area contributed by atoms with E-state index in [9.17, 15) is 9.00 Å². The summed E-state index contributed by atoms with van der Waals surface area (Å²) < 4.78 is 22.3. The first-order valence-electron chi connectivity index (χ1n) is 11.0. The van der Waals surface area contributed by atoms with E-state index in [-0.39, 0.29) is 5.97 Å². The van der Waals surface area contributed by atoms with Gasteiger partial charge in [0.25, 0.3) is 0 Å². The van der Waals surface area contributed by atoms with Crippen LogP contribution >= 0.6 is 23.4 Å². The van der Waals surface area contributed by atoms with E-state index >= 15 is 0 Å². The number of nitrogens with one attached hydrogen (secondary N) is 1. The number of carbonyl (C=O) groups is 1. The van der Waals surface area contributed by atoms with Crippen LogP contribution in [0.5, 0.6) is 0 Å². The maximum atomic E-state index is 13.4. The molecule has 0 aliphatic heterocycles. The van der Waals surface area contributed by atoms with Gasteiger partial charge in [0.15, 0.2) is 0 Å². The fourth-order valence-electron chi connectivity index (χ4n) is 3.28. The van der Waals surface area contributed by atoms with Crippen molar-refractivity contribution in [1.29, 1.82) is 0 Å². The zero-order chi connectivity index (χ0) is 24.7. The van der Waals surface area contributed by atoms with Crippen LogP contribution in [-0.2, 0) is 20.5 Å². The number of ether oxygens (including phenoxy) is 1. The SMILES string of the molecule is Cc1ccc(S(=O)N[C@@H](c2ccc(Cl)cc2)[C@H](CSc2ccccc2)C(=O)OC(C)(C)C)cc1. The van der Waals surface area contributed by atoms with Crippen LogP contribution in [0.3, 0.4) is 0 Å². The molecule has 0 saturated heterocycles. The van der Waals surface area contributed by atoms with Gasteiger partial charge in [0.05, 0.1) is 16.9 Å². The predicted molar refractivity (Wildman–Crippen MR) is 141 cm³/mol. The minimum absolute atomic E-state index is 0.343. The van der Waals surface area contributed by atoms with Gasteiger partial charge in [0, 0.05) is 15.7 Å². The summed E-state index contributed by atoms with van der Waals surface area (Å²) in [6, 6.07) is 24.1. The van der Waals surface area contributed by atoms with Gasteiger partial charge in [0.2, 0.25) is 0 Å². The molecule has 3 atom stereocenters. The Labute approximate surface area is 214 Å². The van der Waals surface area contributed by atoms with E-state index in [4.69, 9.17) is 16.3 Å². The number of carbonyl (C=O) groups excluding carboxylic acids is 1. The number of benzene rings is 3. The summed E-state index contributed by atoms with van der Waals surface area (Å²) in [5.41, 5.74) is 1.25. The van der Waals surface area contributed by atoms with Gasteiger partial charge >= 0.3 is 5.97 Å². The van der Waals surface area contributed by atoms with Crippen molar-refractivity contribution in [3.05, 3.63) is 95.0 Å². The van der Waals surface area contributed by atoms with E-state index in [1.807, 2.05) is 94.4 Å². The van der Waals surface area contributed by atoms with Crippen LogP contribution in [0.25, 0.3) is 0 Å². The van der Waals surface area contributed by atoms with Crippen molar-refractivity contribution >= 4 is 40.3 Å². The molecular weight excluding hydrogens is 486 g/mol. The van der Waals surface area contributed by atoms with Crippen molar-refractivity contribution in [2.45, 2.75) is 49.1 Å². The van der Waals surface area contributed by atoms with E-state index in [0.29, 0.717) is 15.7 Å². The van der Waals surface area contributed by atoms with E-state index in [1.54, 1.807) is 23.9 Å². The number of thioether (sulfide) groups is 1. The van der Waals surface area contributed by atoms with E-state index < -0.39 is 28.5 Å². The molecule has 0 radical (unpaired) electrons. The highest BCUT2D eigenvalue weighted by Gasteiger charge is 2.34. The molecule has 3 rings (SSSR count). The molecule has 0 spiro atoms. The molecule has 3 aromatic rings. The van der Waals surface area contributed by atoms with Crippen LogP contribution < -0.4 is 4.72 Å². The zero-order valence-corrected chi connectivity index (χ0v) is 22.2. The highest BCUT2D eigenvalue weighted by molar-refractivity contribution is 7.99. The van der Waals surface area contributed by atoms with Crippen molar-refractivity contribution in [2.75, 3.05) is 5.75 Å². The summed E-state index contributed by atoms with van der Waals surface area (Å²) >= 11 is 7.70. The third-order valence-corrected chi connectivity index (χ3v) is 7.53. The quantitative estimate of drug-likeness (QED) is 0.253. The van der Waals surface area contributed by atoms with E-state index in [2.05, 4.69) is 4.72 Å². The van der Waals surface area contributed by atoms with Crippen LogP contribution in [0, 0.1) is 12.8 Å². The van der Waals surface area contributed by atoms with Gasteiger partial charge in [-0.2, -0.15) is 0 Å². The average molecular weight is 516 g/mol. The molecule has 180 valence electrons. The molecule has 3 aromatic carbocycles. The predicted octanol–water partition coefficient (Wildman–Crippen LogP) is 6.75. The Morgan fingerprint density at radius 3 is 2.21 bits per heavy atom. The van der Waals surface area contributed by atoms with Gasteiger partial charge in [-0.05, 0) is 69.7 Å². The van der Waals surface area contributed by atoms with Gasteiger partial charge in [-0.3, -0.25) is 4.79 Å². The van der Waals surface area contributed by atoms with Gasteiger partial charge < -0.3 is 4.74 Å². The molecule has 0 amide bonds. The van der Waals surface area contributed by atoms with Gasteiger partial charge in [-0.25, -0.2) is 8.93 Å². The smallest absolute Gasteiger partial charge is 0.312 e. The molecule has 1 N–H and O–H groups in total. The second kappa shape index (κ2) is 12.0. The van der Waals surface area contributed by atoms with Crippen LogP contribution in [0.2, 0.25) is 5.02 Å². The van der Waals surface area contributed by atoms with E-state index in [0.717, 1.165) is 16.0 Å². The Bertz CT molecular complexity index is 1100. The van der Waals surface area contributed by atoms with Crippen molar-refractivity contribution < 1.29 is 13.7 Å². The lowest BCUT2D eigenvalue weighted by Crippen LogP contribution is -2.39. The van der Waals surface area contributed by atoms with Gasteiger partial charge in [-0.15, -0.1) is 11.8 Å². The molecule has 0 fully saturated rings. The molecule has 0 aromatic heterocycles. The first-order valence-corrected chi connectivity index (χ1v) is 13.5. The van der Waals surface area contributed by atoms with Crippen molar-refractivity contribution in [2.24, 2.45) is 5.92 Å². The van der Waals surface area contributed by atoms with Gasteiger partial charge in [-0.1, -0.05) is 59.6 Å². The van der Waals surface area contributed by atoms with Crippen LogP contribution in [0.1, 0.15) is 37.9 Å². The van der Waals surface area contributed by atoms with Crippen molar-refractivity contribution in [3.8, 4) is 0 Å². The lowest BCUT2D eigenvalue weighted by atomic mass is 9.95. The molecule has 0 aliphatic rings. The molecule has 0 saturated carbocycles. The molecule has 0 bridgehead atoms. The normalized spacial score (nSPS) is 14.3. The average Bonchev–Trinajstić information content (AvgIpc) is 2.79. The highest BCUT2D eigenvalue weighted by atomic mass is 35.5. The highest BCUT2D eigenvalue weighted by Crippen LogP contribution is 2.32. The largest absolute Gasteiger partial charge is 0.460 e. The third-order valence-electron chi connectivity index (χ3n) is 4.98. The second-order valence-electron chi connectivity index (χ2n) is 8.99. The minimum Gasteiger partial charge on any atom is -0.460 e. The summed E-state index contributed by atoms with van der Waals surface area (Å²) in [4.78, 5) is 15.1. The summed E-state index contributed by atoms with van der Waals surface area (Å²) in [5.74, 6) is -0.492. The molecule has 0 heterocycles. The molecule has 7 heteroatoms. The summed E-state index contributed by atoms with van der Waals surface area (Å²) in [6.45, 7) is 7.53. The van der Waals surface area contributed by atoms with Crippen LogP contribution in [-0.4, -0.2) is 21.5 Å². The summed E-state index contributed by atoms with van der Waals surface area (Å²) in [6.07, 6.45) is 0. The standard InChI is InChI=1S/C27H30ClNO3S2/c1-19-10-16-23(17-11-19)34(31)29-25(20-12-14-21(28)15-13-20)24(26(30)32-27(2,3)4)18-33-22-8-6-5-7-9-22/h5-17,24-25,29H,18H2,1-4H3/t24-,25-,34?/m0/s1. The summed E-state index contributed by atoms with van der Waals surface area (Å²) in [7, 11) is -1.54. The Balaban J connectivity index is 1.96. The number of hydrogen-bond donors (Lipinski definition) is 1. The van der Waals surface area contributed by atoms with Crippen LogP contribution in [0.4, 0.5) is 0 Å². The summed E-state index contributed by atoms with van der Waals surface area (Å²) in [5, 5.41) is 0.592. The molecule has 0 aliphatic carbocycles. The zero-order valence-electron chi connectivity index (χ0n) is 19.8. The number of aryl methyl sites for hydroxylation is 1. The molecule has 1 unspecified atom stereocenters. The van der Waals surface area contributed by atoms with Crippen molar-refractivity contribution in [3.63, 3.8) is 0 Å². The molecule has 4 nitrogen and oxygen atoms in total. The fourth-order valence-corrected chi connectivity index (χ4v) is 5.50. The Kier molecular flexibility index (Phi) is 9.37. The number of rotatable bonds is 9. The Morgan fingerprint density at radius 2 is 1.62 bits per heavy atom. The Hall–Kier alpha value is -2.12. The molecule has 34 heavy (non-hydrogen) atoms. The first-order chi connectivity index (χ1) is 16.1. The van der Waals surface area contributed by atoms with Gasteiger partial charge in [0.1, 0.15) is 16.6 Å². The van der Waals surface area contributed by atoms with E-state index in [1.165, 1.54) is 0 Å². The number of halogens is 1. The van der Waals surface area contributed by atoms with Crippen molar-refractivity contribution in [1.82, 2.24) is 4.72 Å². The maximum Gasteiger partial charge on any atom is 0.312 e. The number of esters is 1. The monoisotopic (exact) mass is 515 g/mol. The van der Waals surface area contributed by atoms with Crippen LogP contribution in [0.15, 0.2) is 88.7 Å².